The van der Waals surface area contributed by atoms with Gasteiger partial charge >= 0.3 is 6.03 Å². The summed E-state index contributed by atoms with van der Waals surface area (Å²) in [4.78, 5) is 49.6. The fourth-order valence-electron chi connectivity index (χ4n) is 5.95. The number of ether oxygens (including phenoxy) is 3. The van der Waals surface area contributed by atoms with Gasteiger partial charge < -0.3 is 24.8 Å². The van der Waals surface area contributed by atoms with Crippen molar-refractivity contribution in [1.29, 1.82) is 0 Å². The minimum atomic E-state index is -0.554. The number of urea groups is 1. The molecule has 1 saturated carbocycles. The van der Waals surface area contributed by atoms with E-state index in [0.717, 1.165) is 17.7 Å². The Hall–Kier alpha value is -2.73. The van der Waals surface area contributed by atoms with E-state index in [2.05, 4.69) is 42.8 Å². The SMILES string of the molecule is CCC(=O)CCC(=O)Nc1ccc(SCC(=O)NC(=O)N[C@@H]2CC[C@]3(CO3)[C@@H](C3(C)O[C@@H]3CC=C(C)C)[C@@H]2OC)cc1. The van der Waals surface area contributed by atoms with E-state index in [1.807, 2.05) is 0 Å². The fraction of sp³-hybridized carbons (Fsp3) is 0.613. The number of imide groups is 1. The molecule has 3 N–H and O–H groups in total. The Morgan fingerprint density at radius 3 is 2.45 bits per heavy atom. The molecule has 2 aliphatic heterocycles. The van der Waals surface area contributed by atoms with Crippen molar-refractivity contribution in [3.8, 4) is 0 Å². The number of carbonyl (C=O) groups is 4. The van der Waals surface area contributed by atoms with Gasteiger partial charge in [-0.25, -0.2) is 4.79 Å². The molecular formula is C31H43N3O7S. The molecule has 1 aliphatic carbocycles. The quantitative estimate of drug-likeness (QED) is 0.172. The van der Waals surface area contributed by atoms with Crippen LogP contribution >= 0.6 is 11.8 Å². The average molecular weight is 602 g/mol. The van der Waals surface area contributed by atoms with Crippen molar-refractivity contribution in [2.24, 2.45) is 5.92 Å². The van der Waals surface area contributed by atoms with Gasteiger partial charge in [0.25, 0.3) is 0 Å². The number of Topliss-reactive ketones (excluding diaryl/α,β-unsaturated/α-hetero) is 1. The summed E-state index contributed by atoms with van der Waals surface area (Å²) in [6, 6.07) is 6.21. The topological polar surface area (TPSA) is 139 Å². The first-order chi connectivity index (χ1) is 20.0. The summed E-state index contributed by atoms with van der Waals surface area (Å²) < 4.78 is 18.1. The Labute approximate surface area is 252 Å². The Balaban J connectivity index is 1.24. The van der Waals surface area contributed by atoms with Crippen molar-refractivity contribution in [3.05, 3.63) is 35.9 Å². The molecule has 2 heterocycles. The number of anilines is 1. The molecule has 0 aromatic heterocycles. The standard InChI is InChI=1S/C31H43N3O7S/c1-6-21(35)10-14-25(36)32-20-8-11-22(12-9-20)42-17-26(37)34-29(38)33-23-15-16-31(18-40-31)28(27(23)39-5)30(4)24(41-30)13-7-19(2)3/h7-9,11-12,23-24,27-28H,6,10,13-18H2,1-5H3,(H,32,36)(H2,33,34,37,38)/t23-,24-,27-,28-,30?,31+/m1/s1. The normalized spacial score (nSPS) is 29.4. The molecule has 10 nitrogen and oxygen atoms in total. The first-order valence-electron chi connectivity index (χ1n) is 14.6. The summed E-state index contributed by atoms with van der Waals surface area (Å²) in [6.45, 7) is 8.68. The van der Waals surface area contributed by atoms with Crippen molar-refractivity contribution in [3.63, 3.8) is 0 Å². The molecule has 4 rings (SSSR count). The van der Waals surface area contributed by atoms with Crippen LogP contribution in [0.4, 0.5) is 10.5 Å². The summed E-state index contributed by atoms with van der Waals surface area (Å²) in [7, 11) is 1.65. The summed E-state index contributed by atoms with van der Waals surface area (Å²) >= 11 is 1.28. The van der Waals surface area contributed by atoms with Gasteiger partial charge in [0, 0.05) is 42.9 Å². The van der Waals surface area contributed by atoms with E-state index in [1.54, 1.807) is 38.3 Å². The number of ketones is 1. The van der Waals surface area contributed by atoms with Crippen LogP contribution in [-0.4, -0.2) is 72.6 Å². The van der Waals surface area contributed by atoms with Crippen LogP contribution in [0.1, 0.15) is 66.2 Å². The van der Waals surface area contributed by atoms with E-state index in [4.69, 9.17) is 14.2 Å². The van der Waals surface area contributed by atoms with Crippen LogP contribution in [0.25, 0.3) is 0 Å². The maximum Gasteiger partial charge on any atom is 0.321 e. The summed E-state index contributed by atoms with van der Waals surface area (Å²) in [5.74, 6) is -0.573. The first kappa shape index (κ1) is 32.2. The minimum absolute atomic E-state index is 0.0394. The van der Waals surface area contributed by atoms with E-state index in [9.17, 15) is 19.2 Å². The molecule has 230 valence electrons. The number of carbonyl (C=O) groups excluding carboxylic acids is 4. The number of epoxide rings is 2. The van der Waals surface area contributed by atoms with Crippen molar-refractivity contribution in [1.82, 2.24) is 10.6 Å². The smallest absolute Gasteiger partial charge is 0.321 e. The molecule has 42 heavy (non-hydrogen) atoms. The monoisotopic (exact) mass is 601 g/mol. The summed E-state index contributed by atoms with van der Waals surface area (Å²) in [6.07, 6.45) is 5.03. The number of thioether (sulfide) groups is 1. The number of nitrogens with one attached hydrogen (secondary N) is 3. The third-order valence-electron chi connectivity index (χ3n) is 8.40. The Morgan fingerprint density at radius 1 is 1.12 bits per heavy atom. The molecule has 0 bridgehead atoms. The van der Waals surface area contributed by atoms with Gasteiger partial charge in [-0.15, -0.1) is 11.8 Å². The Morgan fingerprint density at radius 2 is 1.83 bits per heavy atom. The highest BCUT2D eigenvalue weighted by atomic mass is 32.2. The van der Waals surface area contributed by atoms with Gasteiger partial charge in [0.15, 0.2) is 0 Å². The van der Waals surface area contributed by atoms with Crippen molar-refractivity contribution >= 4 is 41.1 Å². The molecule has 3 fully saturated rings. The fourth-order valence-corrected chi connectivity index (χ4v) is 6.64. The molecule has 6 atom stereocenters. The van der Waals surface area contributed by atoms with Crippen LogP contribution in [0, 0.1) is 5.92 Å². The van der Waals surface area contributed by atoms with Gasteiger partial charge in [0.1, 0.15) is 11.4 Å². The molecular weight excluding hydrogens is 558 g/mol. The number of amides is 4. The minimum Gasteiger partial charge on any atom is -0.379 e. The molecule has 1 spiro atoms. The van der Waals surface area contributed by atoms with Crippen LogP contribution in [0.3, 0.4) is 0 Å². The third-order valence-corrected chi connectivity index (χ3v) is 9.41. The predicted octanol–water partition coefficient (Wildman–Crippen LogP) is 4.38. The molecule has 1 aromatic carbocycles. The maximum absolute atomic E-state index is 12.8. The van der Waals surface area contributed by atoms with Gasteiger partial charge in [-0.1, -0.05) is 18.6 Å². The molecule has 11 heteroatoms. The molecule has 2 saturated heterocycles. The molecule has 0 radical (unpaired) electrons. The van der Waals surface area contributed by atoms with E-state index in [-0.39, 0.29) is 60.1 Å². The summed E-state index contributed by atoms with van der Waals surface area (Å²) in [5.41, 5.74) is 1.17. The van der Waals surface area contributed by atoms with Gasteiger partial charge in [-0.05, 0) is 64.3 Å². The van der Waals surface area contributed by atoms with Crippen LogP contribution in [0.2, 0.25) is 0 Å². The Bertz CT molecular complexity index is 1200. The van der Waals surface area contributed by atoms with Crippen LogP contribution in [-0.2, 0) is 28.6 Å². The lowest BCUT2D eigenvalue weighted by Gasteiger charge is -2.43. The number of allylic oxidation sites excluding steroid dienone is 1. The maximum atomic E-state index is 12.8. The van der Waals surface area contributed by atoms with E-state index in [0.29, 0.717) is 25.1 Å². The lowest BCUT2D eigenvalue weighted by Crippen LogP contribution is -2.60. The average Bonchev–Trinajstić information content (AvgIpc) is 3.87. The number of rotatable bonds is 13. The lowest BCUT2D eigenvalue weighted by molar-refractivity contribution is -0.122. The highest BCUT2D eigenvalue weighted by Gasteiger charge is 2.71. The highest BCUT2D eigenvalue weighted by molar-refractivity contribution is 8.00. The van der Waals surface area contributed by atoms with E-state index >= 15 is 0 Å². The van der Waals surface area contributed by atoms with Crippen molar-refractivity contribution in [2.45, 2.75) is 101 Å². The van der Waals surface area contributed by atoms with Crippen molar-refractivity contribution < 1.29 is 33.4 Å². The second kappa shape index (κ2) is 13.7. The number of methoxy groups -OCH3 is 1. The second-order valence-corrected chi connectivity index (χ2v) is 12.8. The molecule has 1 unspecified atom stereocenters. The highest BCUT2D eigenvalue weighted by Crippen LogP contribution is 2.59. The molecule has 3 aliphatic rings. The predicted molar refractivity (Wildman–Crippen MR) is 160 cm³/mol. The van der Waals surface area contributed by atoms with E-state index in [1.165, 1.54) is 17.3 Å². The van der Waals surface area contributed by atoms with Gasteiger partial charge in [0.2, 0.25) is 11.8 Å². The zero-order chi connectivity index (χ0) is 30.5. The number of hydrogen-bond acceptors (Lipinski definition) is 8. The third kappa shape index (κ3) is 8.00. The van der Waals surface area contributed by atoms with Crippen LogP contribution < -0.4 is 16.0 Å². The number of hydrogen-bond donors (Lipinski definition) is 3. The van der Waals surface area contributed by atoms with Crippen molar-refractivity contribution in [2.75, 3.05) is 24.8 Å². The van der Waals surface area contributed by atoms with Gasteiger partial charge in [-0.2, -0.15) is 0 Å². The summed E-state index contributed by atoms with van der Waals surface area (Å²) in [5, 5.41) is 8.16. The van der Waals surface area contributed by atoms with E-state index < -0.39 is 17.5 Å². The lowest BCUT2D eigenvalue weighted by atomic mass is 9.67. The largest absolute Gasteiger partial charge is 0.379 e. The first-order valence-corrected chi connectivity index (χ1v) is 15.6. The van der Waals surface area contributed by atoms with Crippen LogP contribution in [0.5, 0.6) is 0 Å². The number of benzene rings is 1. The molecule has 4 amide bonds. The Kier molecular flexibility index (Phi) is 10.5. The zero-order valence-electron chi connectivity index (χ0n) is 25.1. The zero-order valence-corrected chi connectivity index (χ0v) is 25.9. The van der Waals surface area contributed by atoms with Gasteiger partial charge in [-0.3, -0.25) is 19.7 Å². The van der Waals surface area contributed by atoms with Crippen LogP contribution in [0.15, 0.2) is 40.8 Å². The second-order valence-electron chi connectivity index (χ2n) is 11.8. The molecule has 1 aromatic rings. The van der Waals surface area contributed by atoms with Gasteiger partial charge in [0.05, 0.1) is 36.2 Å².